The Morgan fingerprint density at radius 3 is 2.70 bits per heavy atom. The van der Waals surface area contributed by atoms with Gasteiger partial charge in [-0.15, -0.1) is 11.3 Å². The minimum atomic E-state index is -3.90. The number of hydrogen-bond donors (Lipinski definition) is 2. The predicted octanol–water partition coefficient (Wildman–Crippen LogP) is 1.95. The van der Waals surface area contributed by atoms with Gasteiger partial charge in [0.05, 0.1) is 4.90 Å². The van der Waals surface area contributed by atoms with Crippen LogP contribution in [0.2, 0.25) is 0 Å². The molecule has 0 spiro atoms. The Bertz CT molecular complexity index is 931. The van der Waals surface area contributed by atoms with Crippen molar-refractivity contribution in [3.8, 4) is 0 Å². The van der Waals surface area contributed by atoms with Crippen LogP contribution in [0.3, 0.4) is 0 Å². The topological polar surface area (TPSA) is 99.6 Å². The molecule has 1 aromatic heterocycles. The van der Waals surface area contributed by atoms with Crippen LogP contribution in [-0.4, -0.2) is 35.8 Å². The second kappa shape index (κ2) is 5.36. The summed E-state index contributed by atoms with van der Waals surface area (Å²) < 4.78 is 25.8. The van der Waals surface area contributed by atoms with E-state index in [-0.39, 0.29) is 21.9 Å². The lowest BCUT2D eigenvalue weighted by molar-refractivity contribution is -0.113. The van der Waals surface area contributed by atoms with Gasteiger partial charge in [-0.2, -0.15) is 0 Å². The van der Waals surface area contributed by atoms with Gasteiger partial charge in [-0.05, 0) is 19.1 Å². The molecule has 2 heterocycles. The summed E-state index contributed by atoms with van der Waals surface area (Å²) in [5.74, 6) is -1.12. The summed E-state index contributed by atoms with van der Waals surface area (Å²) in [6, 6.07) is 5.99. The normalized spacial score (nSPS) is 16.2. The predicted molar refractivity (Wildman–Crippen MR) is 86.4 cm³/mol. The quantitative estimate of drug-likeness (QED) is 0.856. The minimum Gasteiger partial charge on any atom is -0.505 e. The molecule has 0 saturated heterocycles. The van der Waals surface area contributed by atoms with Crippen molar-refractivity contribution in [2.45, 2.75) is 11.8 Å². The maximum Gasteiger partial charge on any atom is 0.278 e. The van der Waals surface area contributed by atoms with Crippen molar-refractivity contribution in [1.29, 1.82) is 0 Å². The Hall–Kier alpha value is -2.39. The highest BCUT2D eigenvalue weighted by Crippen LogP contribution is 2.34. The van der Waals surface area contributed by atoms with Gasteiger partial charge >= 0.3 is 0 Å². The highest BCUT2D eigenvalue weighted by atomic mass is 32.2. The summed E-state index contributed by atoms with van der Waals surface area (Å²) in [4.78, 5) is 17.3. The lowest BCUT2D eigenvalue weighted by Crippen LogP contribution is -2.37. The molecule has 2 N–H and O–H groups in total. The molecule has 2 aromatic rings. The van der Waals surface area contributed by atoms with E-state index in [1.165, 1.54) is 30.5 Å². The van der Waals surface area contributed by atoms with E-state index in [2.05, 4.69) is 10.3 Å². The Kier molecular flexibility index (Phi) is 3.61. The van der Waals surface area contributed by atoms with Crippen LogP contribution in [0.5, 0.6) is 0 Å². The fourth-order valence-electron chi connectivity index (χ4n) is 2.25. The molecular weight excluding hydrogens is 344 g/mol. The van der Waals surface area contributed by atoms with Gasteiger partial charge in [0, 0.05) is 23.7 Å². The summed E-state index contributed by atoms with van der Waals surface area (Å²) >= 11 is 1.25. The molecule has 1 amide bonds. The van der Waals surface area contributed by atoms with E-state index in [9.17, 15) is 18.3 Å². The standard InChI is InChI=1S/C14H13N3O4S2/c1-8-7-15-14(22-8)16-13(19)11-12(18)9-5-3-4-6-10(9)23(20,21)17(11)2/h3-7,18H,1-2H3,(H,15,16,19)/i3+1,4+1,5+1,6+1,9+1,10+1. The number of aromatic nitrogens is 1. The summed E-state index contributed by atoms with van der Waals surface area (Å²) in [7, 11) is -2.67. The average Bonchev–Trinajstić information content (AvgIpc) is 2.91. The number of benzene rings is 1. The monoisotopic (exact) mass is 357 g/mol. The fourth-order valence-corrected chi connectivity index (χ4v) is 4.31. The number of amides is 1. The number of thiazole rings is 1. The summed E-state index contributed by atoms with van der Waals surface area (Å²) in [6.45, 7) is 1.83. The number of likely N-dealkylation sites (N-methyl/N-ethyl adjacent to an activating group) is 1. The number of carbonyl (C=O) groups excluding carboxylic acids is 1. The van der Waals surface area contributed by atoms with Gasteiger partial charge in [0.1, 0.15) is 0 Å². The van der Waals surface area contributed by atoms with Crippen molar-refractivity contribution in [2.75, 3.05) is 12.4 Å². The zero-order chi connectivity index (χ0) is 16.8. The highest BCUT2D eigenvalue weighted by Gasteiger charge is 2.37. The van der Waals surface area contributed by atoms with Gasteiger partial charge in [0.2, 0.25) is 0 Å². The molecule has 0 fully saturated rings. The van der Waals surface area contributed by atoms with E-state index < -0.39 is 15.9 Å². The molecule has 120 valence electrons. The molecule has 0 unspecified atom stereocenters. The van der Waals surface area contributed by atoms with E-state index in [1.54, 1.807) is 18.3 Å². The number of anilines is 1. The number of carbonyl (C=O) groups is 1. The van der Waals surface area contributed by atoms with Gasteiger partial charge in [-0.1, -0.05) is 12.1 Å². The maximum atomic E-state index is 12.5. The Morgan fingerprint density at radius 1 is 1.35 bits per heavy atom. The lowest BCUT2D eigenvalue weighted by atomic mass is 10.4. The highest BCUT2D eigenvalue weighted by molar-refractivity contribution is 7.89. The number of nitrogens with zero attached hydrogens (tertiary/aromatic N) is 2. The molecule has 23 heavy (non-hydrogen) atoms. The molecule has 0 saturated carbocycles. The molecule has 0 aliphatic carbocycles. The zero-order valence-electron chi connectivity index (χ0n) is 12.3. The van der Waals surface area contributed by atoms with Crippen LogP contribution in [0, 0.1) is 6.92 Å². The molecule has 0 bridgehead atoms. The van der Waals surface area contributed by atoms with Crippen LogP contribution in [0.1, 0.15) is 10.4 Å². The van der Waals surface area contributed by atoms with Crippen molar-refractivity contribution in [1.82, 2.24) is 9.29 Å². The van der Waals surface area contributed by atoms with Crippen molar-refractivity contribution in [2.24, 2.45) is 0 Å². The number of nitrogens with one attached hydrogen (secondary N) is 1. The number of hydrogen-bond acceptors (Lipinski definition) is 6. The molecule has 1 aliphatic heterocycles. The molecule has 7 nitrogen and oxygen atoms in total. The van der Waals surface area contributed by atoms with Crippen LogP contribution in [0.25, 0.3) is 5.76 Å². The number of rotatable bonds is 2. The minimum absolute atomic E-state index is 0.0401. The van der Waals surface area contributed by atoms with Crippen LogP contribution in [0.15, 0.2) is 41.1 Å². The SMILES string of the molecule is Cc1cnc(NC(=O)C2=C(O)[13c]3[13cH][13cH][13cH][13cH][13c]3S(=O)(=O)N2C)s1. The molecule has 1 aliphatic rings. The van der Waals surface area contributed by atoms with E-state index >= 15 is 0 Å². The van der Waals surface area contributed by atoms with Crippen LogP contribution < -0.4 is 5.32 Å². The Morgan fingerprint density at radius 2 is 2.04 bits per heavy atom. The van der Waals surface area contributed by atoms with Crippen LogP contribution in [-0.2, 0) is 14.8 Å². The molecule has 0 atom stereocenters. The first-order chi connectivity index (χ1) is 10.8. The van der Waals surface area contributed by atoms with Crippen LogP contribution in [0.4, 0.5) is 5.13 Å². The van der Waals surface area contributed by atoms with Gasteiger partial charge in [-0.25, -0.2) is 13.4 Å². The Labute approximate surface area is 137 Å². The van der Waals surface area contributed by atoms with Gasteiger partial charge in [0.15, 0.2) is 16.6 Å². The van der Waals surface area contributed by atoms with Crippen molar-refractivity contribution in [3.63, 3.8) is 0 Å². The van der Waals surface area contributed by atoms with Crippen molar-refractivity contribution >= 4 is 38.2 Å². The lowest BCUT2D eigenvalue weighted by Gasteiger charge is -2.28. The molecule has 0 radical (unpaired) electrons. The van der Waals surface area contributed by atoms with Gasteiger partial charge in [0.25, 0.3) is 15.9 Å². The maximum absolute atomic E-state index is 12.5. The molecule has 1 aromatic carbocycles. The van der Waals surface area contributed by atoms with E-state index in [0.717, 1.165) is 9.18 Å². The van der Waals surface area contributed by atoms with Crippen LogP contribution >= 0.6 is 11.3 Å². The number of sulfonamides is 1. The average molecular weight is 357 g/mol. The number of aryl methyl sites for hydroxylation is 1. The molecule has 9 heteroatoms. The first-order valence-corrected chi connectivity index (χ1v) is 8.83. The second-order valence-electron chi connectivity index (χ2n) is 4.90. The van der Waals surface area contributed by atoms with E-state index in [4.69, 9.17) is 0 Å². The van der Waals surface area contributed by atoms with Crippen molar-refractivity contribution in [3.05, 3.63) is 46.6 Å². The Balaban J connectivity index is 2.09. The number of aliphatic hydroxyl groups excluding tert-OH is 1. The van der Waals surface area contributed by atoms with E-state index in [0.29, 0.717) is 5.13 Å². The first kappa shape index (κ1) is 15.5. The molecular formula is C14H13N3O4S2. The third-order valence-electron chi connectivity index (χ3n) is 3.38. The largest absolute Gasteiger partial charge is 0.505 e. The van der Waals surface area contributed by atoms with Crippen molar-refractivity contribution < 1.29 is 18.3 Å². The zero-order valence-corrected chi connectivity index (χ0v) is 13.9. The van der Waals surface area contributed by atoms with Gasteiger partial charge < -0.3 is 5.11 Å². The first-order valence-electron chi connectivity index (χ1n) is 6.57. The van der Waals surface area contributed by atoms with E-state index in [1.807, 2.05) is 6.92 Å². The fraction of sp³-hybridized carbons (Fsp3) is 0.143. The molecule has 3 rings (SSSR count). The third kappa shape index (κ3) is 2.47. The summed E-state index contributed by atoms with van der Waals surface area (Å²) in [6.07, 6.45) is 1.59. The number of fused-ring (bicyclic) bond motifs is 1. The number of aliphatic hydroxyl groups is 1. The summed E-state index contributed by atoms with van der Waals surface area (Å²) in [5, 5.41) is 13.2. The second-order valence-corrected chi connectivity index (χ2v) is 8.07. The van der Waals surface area contributed by atoms with Gasteiger partial charge in [-0.3, -0.25) is 14.4 Å². The third-order valence-corrected chi connectivity index (χ3v) is 6.02. The summed E-state index contributed by atoms with van der Waals surface area (Å²) in [5.41, 5.74) is -0.234. The smallest absolute Gasteiger partial charge is 0.278 e.